The molecule has 3 heterocycles. The molecule has 1 atom stereocenters. The molecule has 40 heavy (non-hydrogen) atoms. The first-order valence-corrected chi connectivity index (χ1v) is 13.1. The van der Waals surface area contributed by atoms with Gasteiger partial charge in [-0.1, -0.05) is 35.5 Å². The fourth-order valence-electron chi connectivity index (χ4n) is 4.94. The van der Waals surface area contributed by atoms with Gasteiger partial charge in [-0.15, -0.1) is 0 Å². The van der Waals surface area contributed by atoms with Crippen molar-refractivity contribution < 1.29 is 13.7 Å². The summed E-state index contributed by atoms with van der Waals surface area (Å²) in [6, 6.07) is 13.8. The molecule has 10 nitrogen and oxygen atoms in total. The number of anilines is 1. The van der Waals surface area contributed by atoms with Crippen LogP contribution < -0.4 is 16.1 Å². The Bertz CT molecular complexity index is 1830. The smallest absolute Gasteiger partial charge is 0.330 e. The maximum absolute atomic E-state index is 14.8. The molecule has 1 amide bonds. The molecule has 2 N–H and O–H groups in total. The van der Waals surface area contributed by atoms with Crippen LogP contribution in [0.3, 0.4) is 0 Å². The monoisotopic (exact) mass is 542 g/mol. The first kappa shape index (κ1) is 25.5. The highest BCUT2D eigenvalue weighted by molar-refractivity contribution is 6.06. The molecule has 11 heteroatoms. The number of halogens is 1. The summed E-state index contributed by atoms with van der Waals surface area (Å²) in [6.45, 7) is 2.15. The lowest BCUT2D eigenvalue weighted by atomic mass is 9.91. The van der Waals surface area contributed by atoms with Crippen molar-refractivity contribution in [2.45, 2.75) is 38.6 Å². The molecule has 1 saturated carbocycles. The van der Waals surface area contributed by atoms with Gasteiger partial charge in [-0.25, -0.2) is 14.2 Å². The number of nitrogens with one attached hydrogen (secondary N) is 2. The summed E-state index contributed by atoms with van der Waals surface area (Å²) in [7, 11) is 1.66. The largest absolute Gasteiger partial charge is 0.361 e. The molecule has 1 aliphatic rings. The minimum atomic E-state index is -0.546. The molecule has 5 aromatic rings. The summed E-state index contributed by atoms with van der Waals surface area (Å²) in [5.41, 5.74) is 1.74. The maximum atomic E-state index is 14.8. The molecule has 6 rings (SSSR count). The van der Waals surface area contributed by atoms with Gasteiger partial charge in [-0.2, -0.15) is 0 Å². The van der Waals surface area contributed by atoms with Crippen LogP contribution in [0.2, 0.25) is 0 Å². The number of nitrogens with zero attached hydrogens (tertiary/aromatic N) is 4. The van der Waals surface area contributed by atoms with Crippen molar-refractivity contribution in [1.82, 2.24) is 24.7 Å². The Labute approximate surface area is 227 Å². The van der Waals surface area contributed by atoms with Crippen molar-refractivity contribution in [2.75, 3.05) is 11.9 Å². The Kier molecular flexibility index (Phi) is 6.41. The van der Waals surface area contributed by atoms with E-state index in [0.29, 0.717) is 46.5 Å². The lowest BCUT2D eigenvalue weighted by Gasteiger charge is -2.20. The molecule has 0 saturated heterocycles. The van der Waals surface area contributed by atoms with Crippen LogP contribution in [-0.2, 0) is 13.0 Å². The minimum Gasteiger partial charge on any atom is -0.361 e. The van der Waals surface area contributed by atoms with Crippen LogP contribution in [0.25, 0.3) is 11.2 Å². The van der Waals surface area contributed by atoms with Crippen LogP contribution >= 0.6 is 0 Å². The van der Waals surface area contributed by atoms with E-state index in [9.17, 15) is 18.8 Å². The van der Waals surface area contributed by atoms with Crippen molar-refractivity contribution in [2.24, 2.45) is 5.92 Å². The number of hydrogen-bond acceptors (Lipinski definition) is 6. The molecule has 0 bridgehead atoms. The average Bonchev–Trinajstić information content (AvgIpc) is 3.49. The van der Waals surface area contributed by atoms with Gasteiger partial charge in [0.05, 0.1) is 6.20 Å². The van der Waals surface area contributed by atoms with Gasteiger partial charge in [-0.3, -0.25) is 19.1 Å². The number of H-pyrrole nitrogens is 2. The second-order valence-electron chi connectivity index (χ2n) is 10.2. The number of aromatic amines is 2. The van der Waals surface area contributed by atoms with E-state index in [-0.39, 0.29) is 23.7 Å². The number of fused-ring (bicyclic) bond motifs is 1. The third-order valence-electron chi connectivity index (χ3n) is 7.47. The van der Waals surface area contributed by atoms with Crippen LogP contribution in [0.4, 0.5) is 10.1 Å². The highest BCUT2D eigenvalue weighted by Gasteiger charge is 2.27. The van der Waals surface area contributed by atoms with Gasteiger partial charge in [0.25, 0.3) is 11.5 Å². The van der Waals surface area contributed by atoms with Gasteiger partial charge in [0.15, 0.2) is 5.65 Å². The van der Waals surface area contributed by atoms with Gasteiger partial charge in [0, 0.05) is 25.2 Å². The highest BCUT2D eigenvalue weighted by Crippen LogP contribution is 2.32. The first-order valence-electron chi connectivity index (χ1n) is 13.1. The van der Waals surface area contributed by atoms with E-state index >= 15 is 0 Å². The second-order valence-corrected chi connectivity index (χ2v) is 10.2. The third-order valence-corrected chi connectivity index (χ3v) is 7.47. The summed E-state index contributed by atoms with van der Waals surface area (Å²) in [6.07, 6.45) is 3.70. The number of aromatic nitrogens is 5. The topological polar surface area (TPSA) is 130 Å². The molecule has 0 spiro atoms. The summed E-state index contributed by atoms with van der Waals surface area (Å²) < 4.78 is 21.3. The highest BCUT2D eigenvalue weighted by atomic mass is 19.1. The summed E-state index contributed by atoms with van der Waals surface area (Å²) >= 11 is 0. The Morgan fingerprint density at radius 3 is 2.58 bits per heavy atom. The first-order chi connectivity index (χ1) is 19.3. The van der Waals surface area contributed by atoms with E-state index < -0.39 is 17.2 Å². The van der Waals surface area contributed by atoms with E-state index in [4.69, 9.17) is 9.51 Å². The zero-order chi connectivity index (χ0) is 28.0. The Hall–Kier alpha value is -4.80. The number of imidazole rings is 1. The van der Waals surface area contributed by atoms with Crippen LogP contribution in [0, 0.1) is 18.7 Å². The molecule has 0 radical (unpaired) electrons. The van der Waals surface area contributed by atoms with Crippen LogP contribution in [0.5, 0.6) is 0 Å². The number of carbonyl (C=O) groups excluding carboxylic acids is 1. The summed E-state index contributed by atoms with van der Waals surface area (Å²) in [4.78, 5) is 50.0. The van der Waals surface area contributed by atoms with Gasteiger partial charge in [0.1, 0.15) is 28.5 Å². The van der Waals surface area contributed by atoms with E-state index in [1.807, 2.05) is 12.1 Å². The van der Waals surface area contributed by atoms with Crippen molar-refractivity contribution in [1.29, 1.82) is 0 Å². The number of rotatable bonds is 8. The average molecular weight is 543 g/mol. The van der Waals surface area contributed by atoms with Crippen molar-refractivity contribution in [3.63, 3.8) is 0 Å². The van der Waals surface area contributed by atoms with Crippen molar-refractivity contribution in [3.05, 3.63) is 110 Å². The van der Waals surface area contributed by atoms with E-state index in [1.165, 1.54) is 21.7 Å². The zero-order valence-electron chi connectivity index (χ0n) is 22.0. The third kappa shape index (κ3) is 4.74. The van der Waals surface area contributed by atoms with Gasteiger partial charge >= 0.3 is 5.69 Å². The second kappa shape index (κ2) is 10.1. The molecule has 0 aliphatic heterocycles. The van der Waals surface area contributed by atoms with Crippen molar-refractivity contribution in [3.8, 4) is 0 Å². The van der Waals surface area contributed by atoms with E-state index in [2.05, 4.69) is 15.1 Å². The van der Waals surface area contributed by atoms with E-state index in [1.54, 1.807) is 44.3 Å². The normalized spacial score (nSPS) is 14.0. The molecule has 1 unspecified atom stereocenters. The number of benzene rings is 2. The number of amides is 1. The molecule has 3 aromatic heterocycles. The predicted molar refractivity (Wildman–Crippen MR) is 146 cm³/mol. The number of hydrogen-bond donors (Lipinski definition) is 2. The van der Waals surface area contributed by atoms with Gasteiger partial charge in [0.2, 0.25) is 0 Å². The van der Waals surface area contributed by atoms with Gasteiger partial charge in [-0.05, 0) is 61.4 Å². The Balaban J connectivity index is 1.40. The zero-order valence-corrected chi connectivity index (χ0v) is 22.0. The quantitative estimate of drug-likeness (QED) is 0.306. The van der Waals surface area contributed by atoms with Crippen LogP contribution in [-0.4, -0.2) is 37.6 Å². The van der Waals surface area contributed by atoms with Crippen LogP contribution in [0.1, 0.15) is 51.8 Å². The van der Waals surface area contributed by atoms with E-state index in [0.717, 1.165) is 18.4 Å². The predicted octanol–water partition coefficient (Wildman–Crippen LogP) is 3.91. The molecular formula is C29H27FN6O4. The Morgan fingerprint density at radius 2 is 1.90 bits per heavy atom. The Morgan fingerprint density at radius 1 is 1.15 bits per heavy atom. The van der Waals surface area contributed by atoms with Crippen LogP contribution in [0.15, 0.2) is 68.8 Å². The summed E-state index contributed by atoms with van der Waals surface area (Å²) in [5.74, 6) is 0.172. The van der Waals surface area contributed by atoms with Gasteiger partial charge < -0.3 is 14.4 Å². The fourth-order valence-corrected chi connectivity index (χ4v) is 4.94. The molecule has 2 aromatic carbocycles. The molecule has 1 aliphatic carbocycles. The maximum Gasteiger partial charge on any atom is 0.330 e. The minimum absolute atomic E-state index is 0.208. The lowest BCUT2D eigenvalue weighted by molar-refractivity contribution is 0.0991. The standard InChI is InChI=1S/C29H27FN6O4/c1-16-22(14-31-40-16)28(38)35(2)20-11-9-18(10-12-20)21(13-19-5-3-4-6-23(19)30)25-32-24-26(33-25)36(15-17-7-8-17)29(39)34-27(24)37/h3-6,9-12,14,17,21H,7-8,13,15H2,1-2H3,(H,32,33)(H,34,37,39). The van der Waals surface area contributed by atoms with Crippen molar-refractivity contribution >= 4 is 22.8 Å². The lowest BCUT2D eigenvalue weighted by Crippen LogP contribution is -2.30. The molecular weight excluding hydrogens is 515 g/mol. The number of carbonyl (C=O) groups is 1. The molecule has 204 valence electrons. The SMILES string of the molecule is Cc1oncc1C(=O)N(C)c1ccc(C(Cc2ccccc2F)c2nc3c([nH]2)c(=O)[nH]c(=O)n3CC2CC2)cc1. The number of aryl methyl sites for hydroxylation is 1. The summed E-state index contributed by atoms with van der Waals surface area (Å²) in [5, 5.41) is 3.68. The molecule has 1 fully saturated rings. The fraction of sp³-hybridized carbons (Fsp3) is 0.276.